The first-order valence-corrected chi connectivity index (χ1v) is 11.3. The van der Waals surface area contributed by atoms with Gasteiger partial charge in [0.2, 0.25) is 5.91 Å². The monoisotopic (exact) mass is 440 g/mol. The topological polar surface area (TPSA) is 49.9 Å². The van der Waals surface area contributed by atoms with Gasteiger partial charge in [-0.1, -0.05) is 80.9 Å². The third-order valence-corrected chi connectivity index (χ3v) is 6.54. The first kappa shape index (κ1) is 21.4. The second-order valence-corrected chi connectivity index (χ2v) is 9.88. The van der Waals surface area contributed by atoms with Crippen molar-refractivity contribution in [2.45, 2.75) is 45.3 Å². The summed E-state index contributed by atoms with van der Waals surface area (Å²) in [5.41, 5.74) is 4.66. The molecule has 2 amide bonds. The van der Waals surface area contributed by atoms with Gasteiger partial charge in [0.15, 0.2) is 6.10 Å². The molecule has 3 atom stereocenters. The van der Waals surface area contributed by atoms with Gasteiger partial charge in [0.1, 0.15) is 5.92 Å². The Hall–Kier alpha value is -3.44. The van der Waals surface area contributed by atoms with Crippen molar-refractivity contribution in [2.24, 2.45) is 5.92 Å². The third-order valence-electron chi connectivity index (χ3n) is 6.54. The summed E-state index contributed by atoms with van der Waals surface area (Å²) in [6, 6.07) is 25.0. The van der Waals surface area contributed by atoms with Gasteiger partial charge >= 0.3 is 0 Å². The first-order valence-electron chi connectivity index (χ1n) is 11.3. The molecule has 0 unspecified atom stereocenters. The Labute approximate surface area is 194 Å². The average Bonchev–Trinajstić information content (AvgIpc) is 3.31. The summed E-state index contributed by atoms with van der Waals surface area (Å²) in [4.78, 5) is 34.5. The number of imide groups is 1. The maximum absolute atomic E-state index is 13.7. The predicted molar refractivity (Wildman–Crippen MR) is 129 cm³/mol. The van der Waals surface area contributed by atoms with Crippen molar-refractivity contribution in [2.75, 3.05) is 9.96 Å². The Kier molecular flexibility index (Phi) is 5.09. The third kappa shape index (κ3) is 3.62. The van der Waals surface area contributed by atoms with E-state index in [2.05, 4.69) is 45.0 Å². The van der Waals surface area contributed by atoms with Gasteiger partial charge in [-0.2, -0.15) is 0 Å². The number of carbonyl (C=O) groups is 2. The average molecular weight is 441 g/mol. The highest BCUT2D eigenvalue weighted by Gasteiger charge is 2.60. The summed E-state index contributed by atoms with van der Waals surface area (Å²) in [5.74, 6) is -1.17. The Morgan fingerprint density at radius 3 is 2.00 bits per heavy atom. The highest BCUT2D eigenvalue weighted by Crippen LogP contribution is 2.47. The maximum atomic E-state index is 13.7. The van der Waals surface area contributed by atoms with Crippen molar-refractivity contribution in [1.29, 1.82) is 0 Å². The highest BCUT2D eigenvalue weighted by molar-refractivity contribution is 6.23. The van der Waals surface area contributed by atoms with Crippen LogP contribution in [0.1, 0.15) is 43.5 Å². The number of rotatable bonds is 3. The quantitative estimate of drug-likeness (QED) is 0.516. The van der Waals surface area contributed by atoms with Gasteiger partial charge in [0.05, 0.1) is 17.4 Å². The lowest BCUT2D eigenvalue weighted by molar-refractivity contribution is -0.126. The van der Waals surface area contributed by atoms with Crippen molar-refractivity contribution in [3.8, 4) is 0 Å². The zero-order valence-electron chi connectivity index (χ0n) is 19.4. The number of para-hydroxylation sites is 1. The molecule has 5 rings (SSSR count). The van der Waals surface area contributed by atoms with Gasteiger partial charge in [-0.15, -0.1) is 0 Å². The van der Waals surface area contributed by atoms with E-state index < -0.39 is 18.1 Å². The summed E-state index contributed by atoms with van der Waals surface area (Å²) in [7, 11) is 0. The minimum absolute atomic E-state index is 0.0216. The van der Waals surface area contributed by atoms with E-state index in [9.17, 15) is 9.59 Å². The molecule has 5 heteroatoms. The van der Waals surface area contributed by atoms with E-state index in [-0.39, 0.29) is 17.2 Å². The fourth-order valence-corrected chi connectivity index (χ4v) is 4.68. The van der Waals surface area contributed by atoms with Crippen LogP contribution in [0.25, 0.3) is 0 Å². The van der Waals surface area contributed by atoms with Crippen molar-refractivity contribution < 1.29 is 14.4 Å². The second kappa shape index (κ2) is 7.85. The number of carbonyl (C=O) groups excluding carboxylic acids is 2. The van der Waals surface area contributed by atoms with Crippen molar-refractivity contribution in [3.63, 3.8) is 0 Å². The number of hydrogen-bond acceptors (Lipinski definition) is 4. The van der Waals surface area contributed by atoms with E-state index in [1.165, 1.54) is 10.5 Å². The molecule has 0 N–H and O–H groups in total. The molecule has 0 saturated carbocycles. The molecule has 3 aromatic carbocycles. The van der Waals surface area contributed by atoms with Crippen molar-refractivity contribution in [3.05, 3.63) is 95.6 Å². The smallest absolute Gasteiger partial charge is 0.266 e. The van der Waals surface area contributed by atoms with Crippen LogP contribution in [0.5, 0.6) is 0 Å². The molecule has 5 nitrogen and oxygen atoms in total. The molecule has 2 heterocycles. The number of benzene rings is 3. The van der Waals surface area contributed by atoms with E-state index in [0.29, 0.717) is 5.69 Å². The van der Waals surface area contributed by atoms with Crippen LogP contribution in [0.15, 0.2) is 78.9 Å². The standard InChI is InChI=1S/C28H28N2O3/c1-18-10-16-21(17-11-18)29-26(31)23-24(19-12-14-20(15-13-19)28(2,3)4)30(33-25(23)27(29)32)22-8-6-5-7-9-22/h5-17,23-25H,1-4H3/t23-,24-,25+/m1/s1. The molecule has 2 saturated heterocycles. The molecule has 0 aromatic heterocycles. The zero-order valence-corrected chi connectivity index (χ0v) is 19.4. The minimum Gasteiger partial charge on any atom is -0.273 e. The summed E-state index contributed by atoms with van der Waals surface area (Å²) < 4.78 is 0. The molecule has 168 valence electrons. The first-order chi connectivity index (χ1) is 15.8. The van der Waals surface area contributed by atoms with Crippen LogP contribution in [0.2, 0.25) is 0 Å². The number of anilines is 2. The fraction of sp³-hybridized carbons (Fsp3) is 0.286. The van der Waals surface area contributed by atoms with Crippen LogP contribution < -0.4 is 9.96 Å². The van der Waals surface area contributed by atoms with Crippen LogP contribution in [0.4, 0.5) is 11.4 Å². The Balaban J connectivity index is 1.57. The minimum atomic E-state index is -0.855. The number of amides is 2. The van der Waals surface area contributed by atoms with Gasteiger partial charge in [-0.05, 0) is 47.7 Å². The Bertz CT molecular complexity index is 1180. The summed E-state index contributed by atoms with van der Waals surface area (Å²) in [6.07, 6.45) is -0.855. The molecule has 0 radical (unpaired) electrons. The number of hydroxylamine groups is 1. The highest BCUT2D eigenvalue weighted by atomic mass is 16.7. The molecule has 2 aliphatic heterocycles. The molecule has 0 bridgehead atoms. The lowest BCUT2D eigenvalue weighted by Gasteiger charge is -2.29. The van der Waals surface area contributed by atoms with E-state index in [0.717, 1.165) is 16.8 Å². The van der Waals surface area contributed by atoms with E-state index in [4.69, 9.17) is 4.84 Å². The maximum Gasteiger partial charge on any atom is 0.266 e. The van der Waals surface area contributed by atoms with Gasteiger partial charge < -0.3 is 0 Å². The largest absolute Gasteiger partial charge is 0.273 e. The van der Waals surface area contributed by atoms with Gasteiger partial charge in [-0.3, -0.25) is 14.4 Å². The predicted octanol–water partition coefficient (Wildman–Crippen LogP) is 5.34. The molecular formula is C28H28N2O3. The summed E-state index contributed by atoms with van der Waals surface area (Å²) >= 11 is 0. The van der Waals surface area contributed by atoms with Gasteiger partial charge in [0.25, 0.3) is 5.91 Å². The Morgan fingerprint density at radius 2 is 1.39 bits per heavy atom. The molecular weight excluding hydrogens is 412 g/mol. The molecule has 2 fully saturated rings. The zero-order chi connectivity index (χ0) is 23.3. The number of fused-ring (bicyclic) bond motifs is 1. The van der Waals surface area contributed by atoms with E-state index in [1.807, 2.05) is 61.5 Å². The number of hydrogen-bond donors (Lipinski definition) is 0. The molecule has 33 heavy (non-hydrogen) atoms. The van der Waals surface area contributed by atoms with Crippen LogP contribution in [-0.2, 0) is 19.8 Å². The number of nitrogens with zero attached hydrogens (tertiary/aromatic N) is 2. The fourth-order valence-electron chi connectivity index (χ4n) is 4.68. The molecule has 3 aromatic rings. The van der Waals surface area contributed by atoms with Crippen LogP contribution in [0.3, 0.4) is 0 Å². The lowest BCUT2D eigenvalue weighted by atomic mass is 9.84. The normalized spacial score (nSPS) is 22.7. The second-order valence-electron chi connectivity index (χ2n) is 9.88. The van der Waals surface area contributed by atoms with Gasteiger partial charge in [-0.25, -0.2) is 9.96 Å². The summed E-state index contributed by atoms with van der Waals surface area (Å²) in [5, 5.41) is 1.74. The summed E-state index contributed by atoms with van der Waals surface area (Å²) in [6.45, 7) is 8.49. The van der Waals surface area contributed by atoms with Gasteiger partial charge in [0, 0.05) is 0 Å². The SMILES string of the molecule is Cc1ccc(N2C(=O)[C@H]3[C@H](ON(c4ccccc4)[C@@H]3c3ccc(C(C)(C)C)cc3)C2=O)cc1. The molecule has 2 aliphatic rings. The van der Waals surface area contributed by atoms with Crippen LogP contribution in [-0.4, -0.2) is 17.9 Å². The molecule has 0 aliphatic carbocycles. The van der Waals surface area contributed by atoms with Crippen LogP contribution in [0, 0.1) is 12.8 Å². The van der Waals surface area contributed by atoms with E-state index in [1.54, 1.807) is 5.06 Å². The molecule has 0 spiro atoms. The lowest BCUT2D eigenvalue weighted by Crippen LogP contribution is -2.37. The van der Waals surface area contributed by atoms with E-state index >= 15 is 0 Å². The Morgan fingerprint density at radius 1 is 0.758 bits per heavy atom. The van der Waals surface area contributed by atoms with Crippen LogP contribution >= 0.6 is 0 Å². The number of aryl methyl sites for hydroxylation is 1. The van der Waals surface area contributed by atoms with Crippen molar-refractivity contribution in [1.82, 2.24) is 0 Å². The van der Waals surface area contributed by atoms with Crippen molar-refractivity contribution >= 4 is 23.2 Å².